The maximum absolute atomic E-state index is 13.0. The Hall–Kier alpha value is -2.89. The Morgan fingerprint density at radius 2 is 1.96 bits per heavy atom. The zero-order chi connectivity index (χ0) is 19.0. The molecule has 0 fully saturated rings. The van der Waals surface area contributed by atoms with Gasteiger partial charge in [0.1, 0.15) is 12.1 Å². The molecule has 0 bridgehead atoms. The molecule has 27 heavy (non-hydrogen) atoms. The van der Waals surface area contributed by atoms with E-state index in [4.69, 9.17) is 0 Å². The van der Waals surface area contributed by atoms with Crippen molar-refractivity contribution in [2.45, 2.75) is 52.5 Å². The van der Waals surface area contributed by atoms with Gasteiger partial charge in [0.2, 0.25) is 5.91 Å². The molecule has 0 atom stereocenters. The third kappa shape index (κ3) is 3.39. The van der Waals surface area contributed by atoms with Gasteiger partial charge in [-0.3, -0.25) is 9.59 Å². The van der Waals surface area contributed by atoms with Crippen LogP contribution in [0.4, 0.5) is 5.69 Å². The van der Waals surface area contributed by atoms with E-state index >= 15 is 0 Å². The quantitative estimate of drug-likeness (QED) is 0.727. The van der Waals surface area contributed by atoms with E-state index in [-0.39, 0.29) is 18.0 Å². The normalized spacial score (nSPS) is 14.0. The first kappa shape index (κ1) is 17.5. The minimum Gasteiger partial charge on any atom is -0.324 e. The van der Waals surface area contributed by atoms with Gasteiger partial charge in [-0.15, -0.1) is 0 Å². The highest BCUT2D eigenvalue weighted by molar-refractivity contribution is 5.91. The van der Waals surface area contributed by atoms with Gasteiger partial charge in [0.25, 0.3) is 5.56 Å². The largest absolute Gasteiger partial charge is 0.324 e. The van der Waals surface area contributed by atoms with E-state index in [1.165, 1.54) is 11.0 Å². The van der Waals surface area contributed by atoms with Crippen LogP contribution in [0.3, 0.4) is 0 Å². The first-order chi connectivity index (χ1) is 13.0. The molecule has 3 aromatic rings. The lowest BCUT2D eigenvalue weighted by Crippen LogP contribution is -2.28. The van der Waals surface area contributed by atoms with E-state index in [0.717, 1.165) is 53.8 Å². The summed E-state index contributed by atoms with van der Waals surface area (Å²) < 4.78 is 3.15. The van der Waals surface area contributed by atoms with Crippen molar-refractivity contribution in [2.75, 3.05) is 5.32 Å². The van der Waals surface area contributed by atoms with Crippen molar-refractivity contribution < 1.29 is 4.79 Å². The number of rotatable bonds is 3. The lowest BCUT2D eigenvalue weighted by molar-refractivity contribution is -0.116. The summed E-state index contributed by atoms with van der Waals surface area (Å²) in [6.45, 7) is 3.93. The molecule has 1 aliphatic carbocycles. The number of anilines is 1. The second-order valence-electron chi connectivity index (χ2n) is 7.38. The monoisotopic (exact) mass is 364 g/mol. The summed E-state index contributed by atoms with van der Waals surface area (Å²) in [6, 6.07) is 5.93. The molecule has 140 valence electrons. The van der Waals surface area contributed by atoms with Gasteiger partial charge in [-0.1, -0.05) is 18.6 Å². The van der Waals surface area contributed by atoms with Crippen LogP contribution >= 0.6 is 0 Å². The summed E-state index contributed by atoms with van der Waals surface area (Å²) in [4.78, 5) is 25.5. The van der Waals surface area contributed by atoms with Gasteiger partial charge < -0.3 is 9.88 Å². The van der Waals surface area contributed by atoms with E-state index in [0.29, 0.717) is 5.52 Å². The van der Waals surface area contributed by atoms with Crippen molar-refractivity contribution in [3.8, 4) is 0 Å². The van der Waals surface area contributed by atoms with Crippen molar-refractivity contribution in [2.24, 2.45) is 0 Å². The highest BCUT2D eigenvalue weighted by Crippen LogP contribution is 2.22. The van der Waals surface area contributed by atoms with Gasteiger partial charge in [0.05, 0.1) is 5.69 Å². The smallest absolute Gasteiger partial charge is 0.277 e. The van der Waals surface area contributed by atoms with Crippen LogP contribution in [0.5, 0.6) is 0 Å². The Balaban J connectivity index is 1.63. The molecule has 4 rings (SSSR count). The fourth-order valence-electron chi connectivity index (χ4n) is 3.77. The molecular formula is C21H24N4O2. The van der Waals surface area contributed by atoms with Crippen molar-refractivity contribution in [1.82, 2.24) is 14.2 Å². The van der Waals surface area contributed by atoms with Gasteiger partial charge in [-0.05, 0) is 56.7 Å². The first-order valence-corrected chi connectivity index (χ1v) is 9.49. The molecule has 0 unspecified atom stereocenters. The topological polar surface area (TPSA) is 68.4 Å². The number of benzene rings is 1. The van der Waals surface area contributed by atoms with Gasteiger partial charge in [0.15, 0.2) is 0 Å². The van der Waals surface area contributed by atoms with Crippen molar-refractivity contribution in [3.63, 3.8) is 0 Å². The van der Waals surface area contributed by atoms with E-state index in [2.05, 4.69) is 10.4 Å². The number of hydrogen-bond donors (Lipinski definition) is 1. The molecule has 0 saturated carbocycles. The molecule has 1 aliphatic rings. The Morgan fingerprint density at radius 3 is 2.81 bits per heavy atom. The van der Waals surface area contributed by atoms with Crippen LogP contribution in [0.2, 0.25) is 0 Å². The van der Waals surface area contributed by atoms with E-state index in [9.17, 15) is 9.59 Å². The number of nitrogens with zero attached hydrogens (tertiary/aromatic N) is 3. The van der Waals surface area contributed by atoms with Crippen molar-refractivity contribution in [3.05, 3.63) is 63.3 Å². The van der Waals surface area contributed by atoms with Crippen molar-refractivity contribution >= 4 is 17.1 Å². The Morgan fingerprint density at radius 1 is 1.15 bits per heavy atom. The molecule has 0 radical (unpaired) electrons. The Kier molecular flexibility index (Phi) is 4.56. The number of aryl methyl sites for hydroxylation is 4. The molecule has 6 heteroatoms. The molecule has 2 heterocycles. The second kappa shape index (κ2) is 7.02. The zero-order valence-electron chi connectivity index (χ0n) is 15.8. The summed E-state index contributed by atoms with van der Waals surface area (Å²) >= 11 is 0. The zero-order valence-corrected chi connectivity index (χ0v) is 15.8. The summed E-state index contributed by atoms with van der Waals surface area (Å²) in [7, 11) is 0. The molecule has 6 nitrogen and oxygen atoms in total. The van der Waals surface area contributed by atoms with Crippen LogP contribution in [-0.2, 0) is 24.2 Å². The standard InChI is InChI=1S/C21H24N4O2/c1-14-8-9-15(2)18(12-14)22-19(26)13-24-10-11-25-20(21(24)27)16-6-4-3-5-7-17(16)23-25/h8-12H,3-7,13H2,1-2H3,(H,22,26). The number of aromatic nitrogens is 3. The summed E-state index contributed by atoms with van der Waals surface area (Å²) in [5.74, 6) is -0.208. The predicted molar refractivity (Wildman–Crippen MR) is 105 cm³/mol. The van der Waals surface area contributed by atoms with Gasteiger partial charge in [-0.25, -0.2) is 4.52 Å². The highest BCUT2D eigenvalue weighted by atomic mass is 16.2. The first-order valence-electron chi connectivity index (χ1n) is 9.49. The molecule has 1 amide bonds. The fourth-order valence-corrected chi connectivity index (χ4v) is 3.77. The number of nitrogens with one attached hydrogen (secondary N) is 1. The third-order valence-electron chi connectivity index (χ3n) is 5.26. The average molecular weight is 364 g/mol. The molecule has 1 N–H and O–H groups in total. The molecule has 0 saturated heterocycles. The Labute approximate surface area is 157 Å². The van der Waals surface area contributed by atoms with Crippen LogP contribution in [0.1, 0.15) is 41.6 Å². The average Bonchev–Trinajstić information content (AvgIpc) is 2.83. The summed E-state index contributed by atoms with van der Waals surface area (Å²) in [6.07, 6.45) is 8.58. The minimum absolute atomic E-state index is 0.0112. The second-order valence-corrected chi connectivity index (χ2v) is 7.38. The lowest BCUT2D eigenvalue weighted by atomic mass is 10.1. The van der Waals surface area contributed by atoms with Crippen molar-refractivity contribution in [1.29, 1.82) is 0 Å². The fraction of sp³-hybridized carbons (Fsp3) is 0.381. The van der Waals surface area contributed by atoms with Crippen LogP contribution in [0, 0.1) is 13.8 Å². The number of carbonyl (C=O) groups is 1. The molecule has 2 aromatic heterocycles. The van der Waals surface area contributed by atoms with Crippen LogP contribution in [0.25, 0.3) is 5.52 Å². The van der Waals surface area contributed by atoms with E-state index in [1.807, 2.05) is 32.0 Å². The molecule has 0 spiro atoms. The molecular weight excluding hydrogens is 340 g/mol. The Bertz CT molecular complexity index is 1080. The third-order valence-corrected chi connectivity index (χ3v) is 5.26. The number of amides is 1. The summed E-state index contributed by atoms with van der Waals surface area (Å²) in [5.41, 5.74) is 5.42. The highest BCUT2D eigenvalue weighted by Gasteiger charge is 2.19. The maximum atomic E-state index is 13.0. The summed E-state index contributed by atoms with van der Waals surface area (Å²) in [5, 5.41) is 7.51. The number of fused-ring (bicyclic) bond motifs is 3. The number of carbonyl (C=O) groups excluding carboxylic acids is 1. The molecule has 0 aliphatic heterocycles. The van der Waals surface area contributed by atoms with E-state index in [1.54, 1.807) is 16.9 Å². The predicted octanol–water partition coefficient (Wildman–Crippen LogP) is 3.02. The van der Waals surface area contributed by atoms with Gasteiger partial charge in [0, 0.05) is 23.6 Å². The number of hydrogen-bond acceptors (Lipinski definition) is 3. The van der Waals surface area contributed by atoms with Gasteiger partial charge in [-0.2, -0.15) is 5.10 Å². The lowest BCUT2D eigenvalue weighted by Gasteiger charge is -2.11. The van der Waals surface area contributed by atoms with Crippen LogP contribution in [-0.4, -0.2) is 20.1 Å². The maximum Gasteiger partial charge on any atom is 0.277 e. The molecule has 1 aromatic carbocycles. The minimum atomic E-state index is -0.208. The van der Waals surface area contributed by atoms with E-state index < -0.39 is 0 Å². The van der Waals surface area contributed by atoms with Crippen LogP contribution < -0.4 is 10.9 Å². The SMILES string of the molecule is Cc1ccc(C)c(NC(=O)Cn2ccn3nc4c(c3c2=O)CCCCC4)c1. The van der Waals surface area contributed by atoms with Crippen LogP contribution in [0.15, 0.2) is 35.4 Å². The van der Waals surface area contributed by atoms with Gasteiger partial charge >= 0.3 is 0 Å².